The van der Waals surface area contributed by atoms with Gasteiger partial charge < -0.3 is 10.5 Å². The van der Waals surface area contributed by atoms with Gasteiger partial charge in [0.2, 0.25) is 10.0 Å². The van der Waals surface area contributed by atoms with E-state index in [4.69, 9.17) is 10.5 Å². The van der Waals surface area contributed by atoms with Crippen molar-refractivity contribution in [1.82, 2.24) is 4.31 Å². The third kappa shape index (κ3) is 2.89. The number of sulfonamides is 1. The number of nitrogens with two attached hydrogens (primary N) is 1. The van der Waals surface area contributed by atoms with Gasteiger partial charge >= 0.3 is 0 Å². The summed E-state index contributed by atoms with van der Waals surface area (Å²) in [6, 6.07) is 3.54. The van der Waals surface area contributed by atoms with Crippen LogP contribution in [-0.4, -0.2) is 43.9 Å². The Morgan fingerprint density at radius 1 is 1.30 bits per heavy atom. The van der Waals surface area contributed by atoms with Crippen LogP contribution in [0.5, 0.6) is 0 Å². The topological polar surface area (TPSA) is 116 Å². The lowest BCUT2D eigenvalue weighted by Crippen LogP contribution is -2.33. The molecule has 110 valence electrons. The average molecular weight is 301 g/mol. The summed E-state index contributed by atoms with van der Waals surface area (Å²) in [4.78, 5) is 9.89. The molecule has 0 unspecified atom stereocenters. The minimum atomic E-state index is -3.95. The van der Waals surface area contributed by atoms with Crippen LogP contribution in [0.2, 0.25) is 0 Å². The third-order valence-corrected chi connectivity index (χ3v) is 4.91. The molecule has 9 heteroatoms. The summed E-state index contributed by atoms with van der Waals surface area (Å²) in [6.45, 7) is 1.20. The molecule has 0 amide bonds. The van der Waals surface area contributed by atoms with Crippen LogP contribution in [0, 0.1) is 10.1 Å². The monoisotopic (exact) mass is 301 g/mol. The number of hydrogen-bond donors (Lipinski definition) is 1. The maximum Gasteiger partial charge on any atom is 0.289 e. The maximum atomic E-state index is 12.5. The average Bonchev–Trinajstić information content (AvgIpc) is 2.67. The van der Waals surface area contributed by atoms with Crippen LogP contribution in [0.3, 0.4) is 0 Å². The van der Waals surface area contributed by atoms with Gasteiger partial charge in [0.15, 0.2) is 4.90 Å². The number of anilines is 1. The number of hydrogen-bond acceptors (Lipinski definition) is 6. The van der Waals surface area contributed by atoms with Gasteiger partial charge in [0.1, 0.15) is 0 Å². The van der Waals surface area contributed by atoms with Gasteiger partial charge in [-0.3, -0.25) is 10.1 Å². The first kappa shape index (κ1) is 14.7. The molecule has 8 nitrogen and oxygen atoms in total. The predicted molar refractivity (Wildman–Crippen MR) is 71.7 cm³/mol. The van der Waals surface area contributed by atoms with Crippen molar-refractivity contribution in [3.8, 4) is 0 Å². The van der Waals surface area contributed by atoms with Crippen LogP contribution < -0.4 is 5.73 Å². The standard InChI is InChI=1S/C11H15N3O5S/c12-9-2-3-10(14(15)16)11(8-9)20(17,18)13-4-1-6-19-7-5-13/h2-3,8H,1,4-7,12H2. The van der Waals surface area contributed by atoms with Gasteiger partial charge in [-0.15, -0.1) is 0 Å². The Morgan fingerprint density at radius 3 is 2.75 bits per heavy atom. The molecule has 1 aliphatic heterocycles. The van der Waals surface area contributed by atoms with E-state index >= 15 is 0 Å². The fraction of sp³-hybridized carbons (Fsp3) is 0.455. The molecule has 2 N–H and O–H groups in total. The molecule has 0 spiro atoms. The van der Waals surface area contributed by atoms with Crippen molar-refractivity contribution in [2.75, 3.05) is 32.0 Å². The number of ether oxygens (including phenoxy) is 1. The molecule has 0 aliphatic carbocycles. The molecule has 20 heavy (non-hydrogen) atoms. The fourth-order valence-electron chi connectivity index (χ4n) is 1.99. The molecule has 0 saturated carbocycles. The largest absolute Gasteiger partial charge is 0.399 e. The van der Waals surface area contributed by atoms with Gasteiger partial charge in [-0.2, -0.15) is 4.31 Å². The third-order valence-electron chi connectivity index (χ3n) is 2.98. The van der Waals surface area contributed by atoms with Crippen LogP contribution in [0.1, 0.15) is 6.42 Å². The number of nitrogens with zero attached hydrogens (tertiary/aromatic N) is 2. The van der Waals surface area contributed by atoms with Crippen molar-refractivity contribution in [2.45, 2.75) is 11.3 Å². The maximum absolute atomic E-state index is 12.5. The van der Waals surface area contributed by atoms with Crippen molar-refractivity contribution in [3.05, 3.63) is 28.3 Å². The number of rotatable bonds is 3. The molecule has 0 radical (unpaired) electrons. The van der Waals surface area contributed by atoms with E-state index in [0.29, 0.717) is 13.0 Å². The van der Waals surface area contributed by atoms with Crippen LogP contribution in [0.15, 0.2) is 23.1 Å². The van der Waals surface area contributed by atoms with Crippen LogP contribution in [-0.2, 0) is 14.8 Å². The molecule has 1 heterocycles. The lowest BCUT2D eigenvalue weighted by atomic mass is 10.3. The van der Waals surface area contributed by atoms with Crippen LogP contribution >= 0.6 is 0 Å². The summed E-state index contributed by atoms with van der Waals surface area (Å²) in [5, 5.41) is 11.0. The SMILES string of the molecule is Nc1ccc([N+](=O)[O-])c(S(=O)(=O)N2CCCOCC2)c1. The zero-order valence-corrected chi connectivity index (χ0v) is 11.5. The highest BCUT2D eigenvalue weighted by molar-refractivity contribution is 7.89. The molecule has 1 aliphatic rings. The summed E-state index contributed by atoms with van der Waals surface area (Å²) in [6.07, 6.45) is 0.551. The van der Waals surface area contributed by atoms with Gasteiger partial charge in [0.05, 0.1) is 11.5 Å². The van der Waals surface area contributed by atoms with Crippen LogP contribution in [0.4, 0.5) is 11.4 Å². The molecule has 2 rings (SSSR count). The van der Waals surface area contributed by atoms with Crippen molar-refractivity contribution >= 4 is 21.4 Å². The number of nitro benzene ring substituents is 1. The minimum Gasteiger partial charge on any atom is -0.399 e. The fourth-order valence-corrected chi connectivity index (χ4v) is 3.65. The van der Waals surface area contributed by atoms with E-state index in [1.807, 2.05) is 0 Å². The van der Waals surface area contributed by atoms with E-state index in [1.54, 1.807) is 0 Å². The van der Waals surface area contributed by atoms with Crippen molar-refractivity contribution in [1.29, 1.82) is 0 Å². The van der Waals surface area contributed by atoms with Crippen LogP contribution in [0.25, 0.3) is 0 Å². The Hall–Kier alpha value is -1.71. The first-order valence-electron chi connectivity index (χ1n) is 6.05. The number of nitro groups is 1. The van der Waals surface area contributed by atoms with E-state index in [9.17, 15) is 18.5 Å². The highest BCUT2D eigenvalue weighted by Gasteiger charge is 2.32. The Balaban J connectivity index is 2.47. The van der Waals surface area contributed by atoms with Gasteiger partial charge in [0.25, 0.3) is 5.69 Å². The zero-order valence-electron chi connectivity index (χ0n) is 10.7. The number of nitrogen functional groups attached to an aromatic ring is 1. The molecule has 1 aromatic carbocycles. The summed E-state index contributed by atoms with van der Waals surface area (Å²) in [7, 11) is -3.95. The summed E-state index contributed by atoms with van der Waals surface area (Å²) in [5.74, 6) is 0. The minimum absolute atomic E-state index is 0.167. The van der Waals surface area contributed by atoms with E-state index in [2.05, 4.69) is 0 Å². The van der Waals surface area contributed by atoms with Crippen molar-refractivity contribution < 1.29 is 18.1 Å². The van der Waals surface area contributed by atoms with Gasteiger partial charge in [0, 0.05) is 31.5 Å². The molecule has 0 aromatic heterocycles. The van der Waals surface area contributed by atoms with Crippen molar-refractivity contribution in [3.63, 3.8) is 0 Å². The van der Waals surface area contributed by atoms with Gasteiger partial charge in [-0.05, 0) is 18.6 Å². The highest BCUT2D eigenvalue weighted by Crippen LogP contribution is 2.29. The highest BCUT2D eigenvalue weighted by atomic mass is 32.2. The molecule has 1 saturated heterocycles. The quantitative estimate of drug-likeness (QED) is 0.496. The number of benzene rings is 1. The zero-order chi connectivity index (χ0) is 14.8. The first-order valence-corrected chi connectivity index (χ1v) is 7.49. The molecule has 0 atom stereocenters. The predicted octanol–water partition coefficient (Wildman–Crippen LogP) is 0.588. The second-order valence-electron chi connectivity index (χ2n) is 4.35. The molecular weight excluding hydrogens is 286 g/mol. The summed E-state index contributed by atoms with van der Waals surface area (Å²) in [5.41, 5.74) is 5.25. The first-order chi connectivity index (χ1) is 9.43. The van der Waals surface area contributed by atoms with Gasteiger partial charge in [-0.25, -0.2) is 8.42 Å². The smallest absolute Gasteiger partial charge is 0.289 e. The van der Waals surface area contributed by atoms with E-state index < -0.39 is 20.6 Å². The second-order valence-corrected chi connectivity index (χ2v) is 6.26. The van der Waals surface area contributed by atoms with E-state index in [1.165, 1.54) is 10.4 Å². The molecule has 0 bridgehead atoms. The van der Waals surface area contributed by atoms with E-state index in [0.717, 1.165) is 12.1 Å². The molecular formula is C11H15N3O5S. The lowest BCUT2D eigenvalue weighted by Gasteiger charge is -2.19. The molecule has 1 fully saturated rings. The Kier molecular flexibility index (Phi) is 4.21. The van der Waals surface area contributed by atoms with Gasteiger partial charge in [-0.1, -0.05) is 0 Å². The van der Waals surface area contributed by atoms with E-state index in [-0.39, 0.29) is 30.3 Å². The Morgan fingerprint density at radius 2 is 2.05 bits per heavy atom. The molecule has 1 aromatic rings. The Labute approximate surface area is 116 Å². The second kappa shape index (κ2) is 5.73. The lowest BCUT2D eigenvalue weighted by molar-refractivity contribution is -0.387. The Bertz CT molecular complexity index is 608. The summed E-state index contributed by atoms with van der Waals surface area (Å²) >= 11 is 0. The summed E-state index contributed by atoms with van der Waals surface area (Å²) < 4.78 is 31.4. The van der Waals surface area contributed by atoms with Crippen molar-refractivity contribution in [2.24, 2.45) is 0 Å². The normalized spacial score (nSPS) is 17.6.